The summed E-state index contributed by atoms with van der Waals surface area (Å²) in [7, 11) is 0. The van der Waals surface area contributed by atoms with E-state index >= 15 is 0 Å². The highest BCUT2D eigenvalue weighted by Gasteiger charge is 2.27. The number of hydrogen-bond donors (Lipinski definition) is 2. The van der Waals surface area contributed by atoms with Crippen LogP contribution in [0, 0.1) is 0 Å². The molecule has 2 nitrogen and oxygen atoms in total. The predicted octanol–water partition coefficient (Wildman–Crippen LogP) is 5.11. The molecule has 0 fully saturated rings. The van der Waals surface area contributed by atoms with Gasteiger partial charge in [-0.25, -0.2) is 0 Å². The van der Waals surface area contributed by atoms with Crippen molar-refractivity contribution in [2.75, 3.05) is 0 Å². The first-order valence-electron chi connectivity index (χ1n) is 8.22. The van der Waals surface area contributed by atoms with E-state index in [4.69, 9.17) is 5.73 Å². The number of phenols is 1. The van der Waals surface area contributed by atoms with E-state index < -0.39 is 0 Å². The molecule has 3 N–H and O–H groups in total. The summed E-state index contributed by atoms with van der Waals surface area (Å²) >= 11 is 0. The Morgan fingerprint density at radius 3 is 1.78 bits per heavy atom. The van der Waals surface area contributed by atoms with Gasteiger partial charge in [-0.1, -0.05) is 65.8 Å². The molecule has 0 saturated heterocycles. The average Bonchev–Trinajstić information content (AvgIpc) is 2.45. The van der Waals surface area contributed by atoms with Crippen LogP contribution in [0.1, 0.15) is 58.2 Å². The van der Waals surface area contributed by atoms with Crippen LogP contribution in [0.25, 0.3) is 11.1 Å². The lowest BCUT2D eigenvalue weighted by Crippen LogP contribution is -2.17. The van der Waals surface area contributed by atoms with Crippen LogP contribution in [0.3, 0.4) is 0 Å². The van der Waals surface area contributed by atoms with Crippen LogP contribution in [-0.2, 0) is 17.4 Å². The summed E-state index contributed by atoms with van der Waals surface area (Å²) in [4.78, 5) is 0. The van der Waals surface area contributed by atoms with Crippen LogP contribution >= 0.6 is 0 Å². The van der Waals surface area contributed by atoms with Gasteiger partial charge in [-0.3, -0.25) is 0 Å². The highest BCUT2D eigenvalue weighted by atomic mass is 16.3. The fraction of sp³-hybridized carbons (Fsp3) is 0.429. The Hall–Kier alpha value is -1.80. The summed E-state index contributed by atoms with van der Waals surface area (Å²) < 4.78 is 0. The summed E-state index contributed by atoms with van der Waals surface area (Å²) in [6.07, 6.45) is 0. The molecule has 0 heterocycles. The molecule has 2 rings (SSSR count). The summed E-state index contributed by atoms with van der Waals surface area (Å²) in [6, 6.07) is 12.4. The van der Waals surface area contributed by atoms with Gasteiger partial charge in [0.25, 0.3) is 0 Å². The van der Waals surface area contributed by atoms with Crippen molar-refractivity contribution in [3.05, 3.63) is 53.1 Å². The third-order valence-electron chi connectivity index (χ3n) is 4.27. The second kappa shape index (κ2) is 6.01. The number of nitrogens with two attached hydrogens (primary N) is 1. The van der Waals surface area contributed by atoms with Gasteiger partial charge in [-0.15, -0.1) is 0 Å². The molecule has 2 aromatic rings. The van der Waals surface area contributed by atoms with E-state index in [0.717, 1.165) is 27.8 Å². The second-order valence-electron chi connectivity index (χ2n) is 8.28. The third-order valence-corrected chi connectivity index (χ3v) is 4.27. The lowest BCUT2D eigenvalue weighted by atomic mass is 9.77. The minimum Gasteiger partial charge on any atom is -0.507 e. The molecule has 23 heavy (non-hydrogen) atoms. The lowest BCUT2D eigenvalue weighted by molar-refractivity contribution is 0.423. The zero-order valence-electron chi connectivity index (χ0n) is 15.2. The van der Waals surface area contributed by atoms with E-state index in [2.05, 4.69) is 65.8 Å². The summed E-state index contributed by atoms with van der Waals surface area (Å²) in [6.45, 7) is 13.3. The van der Waals surface area contributed by atoms with Crippen molar-refractivity contribution in [1.29, 1.82) is 0 Å². The molecule has 124 valence electrons. The molecule has 0 amide bonds. The fourth-order valence-electron chi connectivity index (χ4n) is 2.91. The molecule has 0 aromatic heterocycles. The maximum atomic E-state index is 10.8. The Balaban J connectivity index is 2.80. The van der Waals surface area contributed by atoms with E-state index in [0.29, 0.717) is 12.3 Å². The zero-order chi connectivity index (χ0) is 17.4. The molecule has 0 saturated carbocycles. The molecule has 0 aliphatic heterocycles. The number of aromatic hydroxyl groups is 1. The first kappa shape index (κ1) is 17.6. The number of benzene rings is 2. The molecular weight excluding hydrogens is 282 g/mol. The van der Waals surface area contributed by atoms with Crippen LogP contribution in [0.5, 0.6) is 5.75 Å². The van der Waals surface area contributed by atoms with Crippen molar-refractivity contribution < 1.29 is 5.11 Å². The molecule has 0 spiro atoms. The zero-order valence-corrected chi connectivity index (χ0v) is 15.2. The van der Waals surface area contributed by atoms with Crippen molar-refractivity contribution in [3.8, 4) is 16.9 Å². The smallest absolute Gasteiger partial charge is 0.123 e. The monoisotopic (exact) mass is 311 g/mol. The minimum atomic E-state index is -0.127. The first-order chi connectivity index (χ1) is 10.6. The first-order valence-corrected chi connectivity index (χ1v) is 8.22. The van der Waals surface area contributed by atoms with Gasteiger partial charge in [0, 0.05) is 17.7 Å². The maximum Gasteiger partial charge on any atom is 0.123 e. The van der Waals surface area contributed by atoms with Gasteiger partial charge in [0.1, 0.15) is 5.75 Å². The van der Waals surface area contributed by atoms with Crippen LogP contribution in [0.15, 0.2) is 36.4 Å². The molecule has 2 aromatic carbocycles. The Labute approximate surface area is 140 Å². The summed E-state index contributed by atoms with van der Waals surface area (Å²) in [5, 5.41) is 10.8. The van der Waals surface area contributed by atoms with E-state index in [-0.39, 0.29) is 10.8 Å². The van der Waals surface area contributed by atoms with Gasteiger partial charge in [0.2, 0.25) is 0 Å². The molecule has 0 bridgehead atoms. The molecule has 0 radical (unpaired) electrons. The lowest BCUT2D eigenvalue weighted by Gasteiger charge is -2.28. The van der Waals surface area contributed by atoms with Crippen molar-refractivity contribution in [2.24, 2.45) is 5.73 Å². The third kappa shape index (κ3) is 3.59. The van der Waals surface area contributed by atoms with Gasteiger partial charge < -0.3 is 10.8 Å². The van der Waals surface area contributed by atoms with Crippen LogP contribution in [0.4, 0.5) is 0 Å². The highest BCUT2D eigenvalue weighted by Crippen LogP contribution is 2.42. The second-order valence-corrected chi connectivity index (χ2v) is 8.28. The van der Waals surface area contributed by atoms with Gasteiger partial charge >= 0.3 is 0 Å². The van der Waals surface area contributed by atoms with Crippen molar-refractivity contribution in [3.63, 3.8) is 0 Å². The fourth-order valence-corrected chi connectivity index (χ4v) is 2.91. The van der Waals surface area contributed by atoms with Crippen LogP contribution in [0.2, 0.25) is 0 Å². The predicted molar refractivity (Wildman–Crippen MR) is 98.8 cm³/mol. The number of phenolic OH excluding ortho intramolecular Hbond substituents is 1. The number of rotatable bonds is 2. The molecule has 0 unspecified atom stereocenters. The standard InChI is InChI=1S/C21H29NO/c1-20(2,3)17-11-15(12-18(19(17)23)21(4,5)6)16-10-8-7-9-14(16)13-22/h7-12,23H,13,22H2,1-6H3. The topological polar surface area (TPSA) is 46.2 Å². The largest absolute Gasteiger partial charge is 0.507 e. The Kier molecular flexibility index (Phi) is 4.59. The van der Waals surface area contributed by atoms with Gasteiger partial charge in [-0.2, -0.15) is 0 Å². The van der Waals surface area contributed by atoms with Gasteiger partial charge in [-0.05, 0) is 39.7 Å². The van der Waals surface area contributed by atoms with Gasteiger partial charge in [0.15, 0.2) is 0 Å². The summed E-state index contributed by atoms with van der Waals surface area (Å²) in [5.41, 5.74) is 11.0. The van der Waals surface area contributed by atoms with E-state index in [1.165, 1.54) is 0 Å². The average molecular weight is 311 g/mol. The summed E-state index contributed by atoms with van der Waals surface area (Å²) in [5.74, 6) is 0.416. The van der Waals surface area contributed by atoms with Crippen LogP contribution in [-0.4, -0.2) is 5.11 Å². The minimum absolute atomic E-state index is 0.127. The normalized spacial score (nSPS) is 12.5. The maximum absolute atomic E-state index is 10.8. The highest BCUT2D eigenvalue weighted by molar-refractivity contribution is 5.71. The molecular formula is C21H29NO. The van der Waals surface area contributed by atoms with E-state index in [9.17, 15) is 5.11 Å². The Bertz CT molecular complexity index is 668. The number of hydrogen-bond acceptors (Lipinski definition) is 2. The molecule has 0 atom stereocenters. The van der Waals surface area contributed by atoms with Crippen molar-refractivity contribution in [1.82, 2.24) is 0 Å². The van der Waals surface area contributed by atoms with Gasteiger partial charge in [0.05, 0.1) is 0 Å². The molecule has 2 heteroatoms. The molecule has 0 aliphatic rings. The van der Waals surface area contributed by atoms with Crippen molar-refractivity contribution >= 4 is 0 Å². The Morgan fingerprint density at radius 1 is 0.870 bits per heavy atom. The van der Waals surface area contributed by atoms with E-state index in [1.54, 1.807) is 0 Å². The quantitative estimate of drug-likeness (QED) is 0.809. The van der Waals surface area contributed by atoms with Crippen LogP contribution < -0.4 is 5.73 Å². The molecule has 0 aliphatic carbocycles. The van der Waals surface area contributed by atoms with Crippen molar-refractivity contribution in [2.45, 2.75) is 58.9 Å². The van der Waals surface area contributed by atoms with E-state index in [1.807, 2.05) is 12.1 Å². The Morgan fingerprint density at radius 2 is 1.35 bits per heavy atom. The SMILES string of the molecule is CC(C)(C)c1cc(-c2ccccc2CN)cc(C(C)(C)C)c1O.